The minimum absolute atomic E-state index is 0.0424. The Morgan fingerprint density at radius 3 is 2.60 bits per heavy atom. The molecular weight excluding hydrogens is 318 g/mol. The molecule has 0 aliphatic rings. The van der Waals surface area contributed by atoms with E-state index in [2.05, 4.69) is 20.5 Å². The van der Waals surface area contributed by atoms with E-state index < -0.39 is 0 Å². The van der Waals surface area contributed by atoms with Crippen molar-refractivity contribution in [2.45, 2.75) is 33.2 Å². The number of nitrogens with one attached hydrogen (secondary N) is 1. The molecule has 0 fully saturated rings. The lowest BCUT2D eigenvalue weighted by molar-refractivity contribution is -0.121. The molecule has 25 heavy (non-hydrogen) atoms. The Labute approximate surface area is 145 Å². The van der Waals surface area contributed by atoms with Crippen LogP contribution in [-0.2, 0) is 11.3 Å². The maximum absolute atomic E-state index is 12.0. The van der Waals surface area contributed by atoms with E-state index in [9.17, 15) is 9.59 Å². The molecule has 2 heterocycles. The molecule has 0 atom stereocenters. The molecular formula is C18H19N5O2. The summed E-state index contributed by atoms with van der Waals surface area (Å²) in [7, 11) is 0. The summed E-state index contributed by atoms with van der Waals surface area (Å²) in [5, 5.41) is 10.9. The van der Waals surface area contributed by atoms with Crippen molar-refractivity contribution in [1.29, 1.82) is 0 Å². The van der Waals surface area contributed by atoms with Crippen LogP contribution in [0.4, 0.5) is 0 Å². The second kappa shape index (κ2) is 7.21. The Morgan fingerprint density at radius 1 is 1.08 bits per heavy atom. The lowest BCUT2D eigenvalue weighted by Gasteiger charge is -2.06. The average Bonchev–Trinajstić information content (AvgIpc) is 3.01. The fourth-order valence-corrected chi connectivity index (χ4v) is 2.67. The third-order valence-corrected chi connectivity index (χ3v) is 3.88. The van der Waals surface area contributed by atoms with E-state index in [1.54, 1.807) is 12.1 Å². The van der Waals surface area contributed by atoms with Gasteiger partial charge in [0.25, 0.3) is 5.78 Å². The molecule has 3 aromatic rings. The molecule has 1 amide bonds. The highest BCUT2D eigenvalue weighted by molar-refractivity contribution is 5.97. The molecule has 3 rings (SSSR count). The maximum Gasteiger partial charge on any atom is 0.255 e. The van der Waals surface area contributed by atoms with E-state index in [0.29, 0.717) is 17.2 Å². The highest BCUT2D eigenvalue weighted by atomic mass is 16.2. The quantitative estimate of drug-likeness (QED) is 0.695. The summed E-state index contributed by atoms with van der Waals surface area (Å²) in [6.07, 6.45) is 0.316. The van der Waals surface area contributed by atoms with Gasteiger partial charge in [0.05, 0.1) is 6.54 Å². The van der Waals surface area contributed by atoms with E-state index in [1.165, 1.54) is 0 Å². The Hall–Kier alpha value is -3.09. The minimum Gasteiger partial charge on any atom is -0.349 e. The molecule has 0 saturated carbocycles. The van der Waals surface area contributed by atoms with Gasteiger partial charge in [0.2, 0.25) is 5.91 Å². The SMILES string of the molecule is Cc1cc(C)n2c(CNC(=O)CCC(=O)c3ccccc3)nnc2n1. The van der Waals surface area contributed by atoms with Gasteiger partial charge in [0.15, 0.2) is 11.6 Å². The fourth-order valence-electron chi connectivity index (χ4n) is 2.67. The molecule has 1 aromatic carbocycles. The molecule has 0 bridgehead atoms. The van der Waals surface area contributed by atoms with Gasteiger partial charge >= 0.3 is 0 Å². The number of carbonyl (C=O) groups excluding carboxylic acids is 2. The van der Waals surface area contributed by atoms with Crippen LogP contribution in [0.2, 0.25) is 0 Å². The van der Waals surface area contributed by atoms with Gasteiger partial charge in [-0.15, -0.1) is 10.2 Å². The number of benzene rings is 1. The van der Waals surface area contributed by atoms with Gasteiger partial charge in [0.1, 0.15) is 0 Å². The standard InChI is InChI=1S/C18H19N5O2/c1-12-10-13(2)23-16(21-22-18(23)20-12)11-19-17(25)9-8-15(24)14-6-4-3-5-7-14/h3-7,10H,8-9,11H2,1-2H3,(H,19,25). The van der Waals surface area contributed by atoms with Crippen molar-refractivity contribution in [3.05, 3.63) is 59.2 Å². The first-order valence-corrected chi connectivity index (χ1v) is 8.08. The summed E-state index contributed by atoms with van der Waals surface area (Å²) in [5.74, 6) is 0.890. The molecule has 0 radical (unpaired) electrons. The average molecular weight is 337 g/mol. The summed E-state index contributed by atoms with van der Waals surface area (Å²) in [5.41, 5.74) is 2.44. The van der Waals surface area contributed by atoms with Crippen LogP contribution in [0, 0.1) is 13.8 Å². The monoisotopic (exact) mass is 337 g/mol. The number of Topliss-reactive ketones (excluding diaryl/α,β-unsaturated/α-hetero) is 1. The van der Waals surface area contributed by atoms with Gasteiger partial charge in [-0.05, 0) is 19.9 Å². The highest BCUT2D eigenvalue weighted by Crippen LogP contribution is 2.08. The molecule has 1 N–H and O–H groups in total. The summed E-state index contributed by atoms with van der Waals surface area (Å²) < 4.78 is 1.81. The van der Waals surface area contributed by atoms with Crippen molar-refractivity contribution in [2.24, 2.45) is 0 Å². The Morgan fingerprint density at radius 2 is 1.84 bits per heavy atom. The van der Waals surface area contributed by atoms with Gasteiger partial charge in [-0.1, -0.05) is 30.3 Å². The fraction of sp³-hybridized carbons (Fsp3) is 0.278. The summed E-state index contributed by atoms with van der Waals surface area (Å²) in [6.45, 7) is 4.08. The lowest BCUT2D eigenvalue weighted by Crippen LogP contribution is -2.24. The largest absolute Gasteiger partial charge is 0.349 e. The molecule has 0 spiro atoms. The maximum atomic E-state index is 12.0. The Bertz CT molecular complexity index is 918. The van der Waals surface area contributed by atoms with E-state index in [0.717, 1.165) is 11.4 Å². The molecule has 7 nitrogen and oxygen atoms in total. The number of aryl methyl sites for hydroxylation is 2. The molecule has 7 heteroatoms. The van der Waals surface area contributed by atoms with Crippen molar-refractivity contribution >= 4 is 17.5 Å². The third kappa shape index (κ3) is 3.88. The molecule has 0 aliphatic carbocycles. The van der Waals surface area contributed by atoms with Crippen molar-refractivity contribution in [3.8, 4) is 0 Å². The zero-order chi connectivity index (χ0) is 17.8. The van der Waals surface area contributed by atoms with Crippen molar-refractivity contribution < 1.29 is 9.59 Å². The zero-order valence-corrected chi connectivity index (χ0v) is 14.2. The topological polar surface area (TPSA) is 89.2 Å². The lowest BCUT2D eigenvalue weighted by atomic mass is 10.1. The van der Waals surface area contributed by atoms with Crippen molar-refractivity contribution in [3.63, 3.8) is 0 Å². The van der Waals surface area contributed by atoms with Crippen LogP contribution in [0.25, 0.3) is 5.78 Å². The Balaban J connectivity index is 1.57. The predicted molar refractivity (Wildman–Crippen MR) is 92.1 cm³/mol. The van der Waals surface area contributed by atoms with Crippen molar-refractivity contribution in [1.82, 2.24) is 24.9 Å². The third-order valence-electron chi connectivity index (χ3n) is 3.88. The van der Waals surface area contributed by atoms with Gasteiger partial charge in [-0.3, -0.25) is 14.0 Å². The van der Waals surface area contributed by atoms with Gasteiger partial charge in [-0.2, -0.15) is 0 Å². The summed E-state index contributed by atoms with van der Waals surface area (Å²) in [4.78, 5) is 28.3. The number of hydrogen-bond donors (Lipinski definition) is 1. The minimum atomic E-state index is -0.196. The van der Waals surface area contributed by atoms with Crippen LogP contribution < -0.4 is 5.32 Å². The van der Waals surface area contributed by atoms with Crippen LogP contribution in [-0.4, -0.2) is 31.3 Å². The van der Waals surface area contributed by atoms with Crippen LogP contribution in [0.3, 0.4) is 0 Å². The number of rotatable bonds is 6. The molecule has 0 unspecified atom stereocenters. The second-order valence-corrected chi connectivity index (χ2v) is 5.86. The smallest absolute Gasteiger partial charge is 0.255 e. The number of carbonyl (C=O) groups is 2. The molecule has 2 aromatic heterocycles. The summed E-state index contributed by atoms with van der Waals surface area (Å²) in [6, 6.07) is 10.9. The number of nitrogens with zero attached hydrogens (tertiary/aromatic N) is 4. The van der Waals surface area contributed by atoms with Gasteiger partial charge in [0, 0.05) is 29.8 Å². The van der Waals surface area contributed by atoms with E-state index in [4.69, 9.17) is 0 Å². The normalized spacial score (nSPS) is 10.8. The van der Waals surface area contributed by atoms with Gasteiger partial charge in [-0.25, -0.2) is 4.98 Å². The number of fused-ring (bicyclic) bond motifs is 1. The van der Waals surface area contributed by atoms with E-state index in [1.807, 2.05) is 42.5 Å². The van der Waals surface area contributed by atoms with Crippen molar-refractivity contribution in [2.75, 3.05) is 0 Å². The number of amides is 1. The molecule has 128 valence electrons. The molecule has 0 saturated heterocycles. The second-order valence-electron chi connectivity index (χ2n) is 5.86. The van der Waals surface area contributed by atoms with E-state index >= 15 is 0 Å². The van der Waals surface area contributed by atoms with Crippen LogP contribution in [0.5, 0.6) is 0 Å². The highest BCUT2D eigenvalue weighted by Gasteiger charge is 2.12. The first-order chi connectivity index (χ1) is 12.0. The predicted octanol–water partition coefficient (Wildman–Crippen LogP) is 2.02. The Kier molecular flexibility index (Phi) is 4.83. The number of ketones is 1. The van der Waals surface area contributed by atoms with Crippen LogP contribution in [0.15, 0.2) is 36.4 Å². The molecule has 0 aliphatic heterocycles. The van der Waals surface area contributed by atoms with Gasteiger partial charge < -0.3 is 5.32 Å². The first-order valence-electron chi connectivity index (χ1n) is 8.08. The number of hydrogen-bond acceptors (Lipinski definition) is 5. The first kappa shape index (κ1) is 16.8. The van der Waals surface area contributed by atoms with E-state index in [-0.39, 0.29) is 31.1 Å². The zero-order valence-electron chi connectivity index (χ0n) is 14.2. The van der Waals surface area contributed by atoms with Crippen LogP contribution >= 0.6 is 0 Å². The van der Waals surface area contributed by atoms with Crippen LogP contribution in [0.1, 0.15) is 40.4 Å². The summed E-state index contributed by atoms with van der Waals surface area (Å²) >= 11 is 0. The number of aromatic nitrogens is 4.